The van der Waals surface area contributed by atoms with Crippen molar-refractivity contribution in [3.8, 4) is 5.75 Å². The molecule has 0 aliphatic rings. The van der Waals surface area contributed by atoms with Crippen molar-refractivity contribution in [2.24, 2.45) is 0 Å². The van der Waals surface area contributed by atoms with Gasteiger partial charge in [-0.05, 0) is 12.1 Å². The molecule has 17 heavy (non-hydrogen) atoms. The number of rotatable bonds is 3. The second kappa shape index (κ2) is 4.97. The van der Waals surface area contributed by atoms with E-state index in [0.29, 0.717) is 17.2 Å². The Balaban J connectivity index is 2.10. The number of nitrogen functional groups attached to an aromatic ring is 1. The van der Waals surface area contributed by atoms with Gasteiger partial charge >= 0.3 is 0 Å². The summed E-state index contributed by atoms with van der Waals surface area (Å²) in [5.41, 5.74) is 6.04. The van der Waals surface area contributed by atoms with Crippen molar-refractivity contribution in [1.82, 2.24) is 0 Å². The fraction of sp³-hybridized carbons (Fsp3) is 0.0833. The van der Waals surface area contributed by atoms with Gasteiger partial charge in [-0.1, -0.05) is 12.1 Å². The molecule has 2 rings (SSSR count). The van der Waals surface area contributed by atoms with Crippen LogP contribution < -0.4 is 11.2 Å². The first kappa shape index (κ1) is 11.6. The number of nitrogens with two attached hydrogens (primary N) is 1. The van der Waals surface area contributed by atoms with Gasteiger partial charge < -0.3 is 15.3 Å². The molecule has 5 heteroatoms. The lowest BCUT2D eigenvalue weighted by Crippen LogP contribution is -1.99. The van der Waals surface area contributed by atoms with E-state index in [9.17, 15) is 4.79 Å². The molecule has 0 radical (unpaired) electrons. The van der Waals surface area contributed by atoms with Gasteiger partial charge in [-0.2, -0.15) is 0 Å². The predicted octanol–water partition coefficient (Wildman–Crippen LogP) is 2.22. The summed E-state index contributed by atoms with van der Waals surface area (Å²) < 4.78 is 5.09. The summed E-state index contributed by atoms with van der Waals surface area (Å²) in [6, 6.07) is 8.75. The van der Waals surface area contributed by atoms with Gasteiger partial charge in [0.15, 0.2) is 5.75 Å². The van der Waals surface area contributed by atoms with Crippen LogP contribution in [0.4, 0.5) is 5.69 Å². The van der Waals surface area contributed by atoms with Crippen LogP contribution in [0.1, 0.15) is 5.76 Å². The zero-order valence-electron chi connectivity index (χ0n) is 8.92. The SMILES string of the molecule is Nc1ccccc1SCc1cc(=O)c(O)co1. The van der Waals surface area contributed by atoms with Gasteiger partial charge in [-0.3, -0.25) is 4.79 Å². The zero-order chi connectivity index (χ0) is 12.3. The number of hydrogen-bond acceptors (Lipinski definition) is 5. The topological polar surface area (TPSA) is 76.5 Å². The van der Waals surface area contributed by atoms with Crippen LogP contribution in [0.5, 0.6) is 5.75 Å². The maximum absolute atomic E-state index is 11.2. The Morgan fingerprint density at radius 1 is 1.35 bits per heavy atom. The van der Waals surface area contributed by atoms with Crippen LogP contribution in [0.25, 0.3) is 0 Å². The Bertz CT molecular complexity index is 580. The molecule has 1 heterocycles. The van der Waals surface area contributed by atoms with Crippen LogP contribution in [0.15, 0.2) is 50.7 Å². The third-order valence-electron chi connectivity index (χ3n) is 2.16. The second-order valence-corrected chi connectivity index (χ2v) is 4.44. The van der Waals surface area contributed by atoms with Gasteiger partial charge in [0.05, 0.1) is 5.75 Å². The molecule has 0 atom stereocenters. The van der Waals surface area contributed by atoms with Crippen molar-refractivity contribution < 1.29 is 9.52 Å². The zero-order valence-corrected chi connectivity index (χ0v) is 9.74. The molecule has 0 unspecified atom stereocenters. The molecule has 3 N–H and O–H groups in total. The van der Waals surface area contributed by atoms with Crippen LogP contribution in [0.2, 0.25) is 0 Å². The molecule has 1 aromatic carbocycles. The number of anilines is 1. The summed E-state index contributed by atoms with van der Waals surface area (Å²) in [7, 11) is 0. The Morgan fingerprint density at radius 2 is 2.12 bits per heavy atom. The fourth-order valence-corrected chi connectivity index (χ4v) is 2.14. The largest absolute Gasteiger partial charge is 0.502 e. The maximum atomic E-state index is 11.2. The summed E-state index contributed by atoms with van der Waals surface area (Å²) in [6.45, 7) is 0. The van der Waals surface area contributed by atoms with Crippen molar-refractivity contribution in [3.05, 3.63) is 52.6 Å². The minimum atomic E-state index is -0.437. The average Bonchev–Trinajstić information content (AvgIpc) is 2.32. The normalized spacial score (nSPS) is 10.4. The standard InChI is InChI=1S/C12H11NO3S/c13-9-3-1-2-4-12(9)17-7-8-5-10(14)11(15)6-16-8/h1-6,15H,7,13H2. The number of para-hydroxylation sites is 1. The Hall–Kier alpha value is -1.88. The molecular weight excluding hydrogens is 238 g/mol. The third kappa shape index (κ3) is 2.82. The van der Waals surface area contributed by atoms with Gasteiger partial charge in [0.25, 0.3) is 0 Å². The molecule has 0 amide bonds. The number of benzene rings is 1. The molecule has 0 aliphatic heterocycles. The van der Waals surface area contributed by atoms with Gasteiger partial charge in [-0.15, -0.1) is 11.8 Å². The highest BCUT2D eigenvalue weighted by Crippen LogP contribution is 2.27. The Morgan fingerprint density at radius 3 is 2.82 bits per heavy atom. The van der Waals surface area contributed by atoms with E-state index < -0.39 is 5.43 Å². The van der Waals surface area contributed by atoms with Crippen molar-refractivity contribution in [2.75, 3.05) is 5.73 Å². The van der Waals surface area contributed by atoms with Crippen molar-refractivity contribution >= 4 is 17.4 Å². The van der Waals surface area contributed by atoms with E-state index in [4.69, 9.17) is 15.3 Å². The van der Waals surface area contributed by atoms with E-state index in [2.05, 4.69) is 0 Å². The first-order valence-electron chi connectivity index (χ1n) is 4.95. The first-order valence-corrected chi connectivity index (χ1v) is 5.93. The van der Waals surface area contributed by atoms with Crippen LogP contribution >= 0.6 is 11.8 Å². The molecule has 0 saturated carbocycles. The lowest BCUT2D eigenvalue weighted by molar-refractivity contribution is 0.419. The van der Waals surface area contributed by atoms with Crippen LogP contribution in [-0.2, 0) is 5.75 Å². The van der Waals surface area contributed by atoms with Crippen molar-refractivity contribution in [3.63, 3.8) is 0 Å². The molecule has 0 aliphatic carbocycles. The lowest BCUT2D eigenvalue weighted by Gasteiger charge is -2.04. The number of aromatic hydroxyl groups is 1. The highest BCUT2D eigenvalue weighted by molar-refractivity contribution is 7.98. The van der Waals surface area contributed by atoms with Crippen LogP contribution in [0, 0.1) is 0 Å². The average molecular weight is 249 g/mol. The summed E-state index contributed by atoms with van der Waals surface area (Å²) >= 11 is 1.48. The van der Waals surface area contributed by atoms with E-state index in [1.54, 1.807) is 0 Å². The summed E-state index contributed by atoms with van der Waals surface area (Å²) in [5, 5.41) is 9.04. The lowest BCUT2D eigenvalue weighted by atomic mass is 10.3. The highest BCUT2D eigenvalue weighted by atomic mass is 32.2. The van der Waals surface area contributed by atoms with Crippen LogP contribution in [-0.4, -0.2) is 5.11 Å². The fourth-order valence-electron chi connectivity index (χ4n) is 1.28. The smallest absolute Gasteiger partial charge is 0.226 e. The minimum Gasteiger partial charge on any atom is -0.502 e. The van der Waals surface area contributed by atoms with E-state index in [-0.39, 0.29) is 5.75 Å². The maximum Gasteiger partial charge on any atom is 0.226 e. The molecule has 88 valence electrons. The van der Waals surface area contributed by atoms with Crippen molar-refractivity contribution in [1.29, 1.82) is 0 Å². The number of hydrogen-bond donors (Lipinski definition) is 2. The minimum absolute atomic E-state index is 0.377. The molecule has 0 spiro atoms. The van der Waals surface area contributed by atoms with Crippen molar-refractivity contribution in [2.45, 2.75) is 10.6 Å². The van der Waals surface area contributed by atoms with Gasteiger partial charge in [0.2, 0.25) is 5.43 Å². The summed E-state index contributed by atoms with van der Waals surface area (Å²) in [6.07, 6.45) is 1.05. The molecule has 0 saturated heterocycles. The van der Waals surface area contributed by atoms with Gasteiger partial charge in [0.1, 0.15) is 12.0 Å². The Labute approximate surface area is 102 Å². The third-order valence-corrected chi connectivity index (χ3v) is 3.27. The van der Waals surface area contributed by atoms with E-state index in [1.165, 1.54) is 17.8 Å². The van der Waals surface area contributed by atoms with E-state index in [1.807, 2.05) is 24.3 Å². The summed E-state index contributed by atoms with van der Waals surface area (Å²) in [4.78, 5) is 12.1. The Kier molecular flexibility index (Phi) is 3.39. The van der Waals surface area contributed by atoms with E-state index >= 15 is 0 Å². The van der Waals surface area contributed by atoms with Gasteiger partial charge in [0, 0.05) is 16.6 Å². The molecule has 4 nitrogen and oxygen atoms in total. The monoisotopic (exact) mass is 249 g/mol. The van der Waals surface area contributed by atoms with Crippen LogP contribution in [0.3, 0.4) is 0 Å². The van der Waals surface area contributed by atoms with E-state index in [0.717, 1.165) is 11.2 Å². The van der Waals surface area contributed by atoms with Gasteiger partial charge in [-0.25, -0.2) is 0 Å². The molecule has 0 fully saturated rings. The molecular formula is C12H11NO3S. The molecule has 1 aromatic heterocycles. The quantitative estimate of drug-likeness (QED) is 0.644. The number of thioether (sulfide) groups is 1. The summed E-state index contributed by atoms with van der Waals surface area (Å²) in [5.74, 6) is 0.614. The predicted molar refractivity (Wildman–Crippen MR) is 67.1 cm³/mol. The first-order chi connectivity index (χ1) is 8.16. The second-order valence-electron chi connectivity index (χ2n) is 3.42. The molecule has 2 aromatic rings. The highest BCUT2D eigenvalue weighted by Gasteiger charge is 2.04. The molecule has 0 bridgehead atoms.